The molecule has 0 aromatic heterocycles. The summed E-state index contributed by atoms with van der Waals surface area (Å²) >= 11 is 3.72. The van der Waals surface area contributed by atoms with Crippen molar-refractivity contribution in [3.8, 4) is 11.2 Å². The molecule has 2 nitrogen and oxygen atoms in total. The Kier molecular flexibility index (Phi) is 2.61. The third-order valence-corrected chi connectivity index (χ3v) is 1.72. The topological polar surface area (TPSA) is 29.5 Å². The summed E-state index contributed by atoms with van der Waals surface area (Å²) in [5.74, 6) is 2.65. The van der Waals surface area contributed by atoms with Crippen LogP contribution < -0.4 is 0 Å². The SMILES string of the molecule is OC1(C#CS)CCOCC1. The first-order valence-electron chi connectivity index (χ1n) is 3.23. The number of ether oxygens (including phenoxy) is 1. The lowest BCUT2D eigenvalue weighted by atomic mass is 9.96. The van der Waals surface area contributed by atoms with Crippen LogP contribution in [-0.4, -0.2) is 23.9 Å². The minimum absolute atomic E-state index is 0.596. The molecule has 0 saturated carbocycles. The van der Waals surface area contributed by atoms with E-state index in [0.717, 1.165) is 0 Å². The first-order chi connectivity index (χ1) is 4.77. The van der Waals surface area contributed by atoms with Gasteiger partial charge in [0.2, 0.25) is 0 Å². The van der Waals surface area contributed by atoms with Crippen LogP contribution in [-0.2, 0) is 4.74 Å². The van der Waals surface area contributed by atoms with Gasteiger partial charge < -0.3 is 9.84 Å². The number of hydrogen-bond acceptors (Lipinski definition) is 3. The molecule has 0 radical (unpaired) electrons. The predicted octanol–water partition coefficient (Wildman–Crippen LogP) is 0.419. The molecule has 1 aliphatic rings. The van der Waals surface area contributed by atoms with Crippen molar-refractivity contribution in [2.24, 2.45) is 0 Å². The van der Waals surface area contributed by atoms with Crippen molar-refractivity contribution in [3.05, 3.63) is 0 Å². The van der Waals surface area contributed by atoms with Gasteiger partial charge in [-0.25, -0.2) is 0 Å². The lowest BCUT2D eigenvalue weighted by Crippen LogP contribution is -2.34. The molecule has 0 aromatic carbocycles. The monoisotopic (exact) mass is 158 g/mol. The van der Waals surface area contributed by atoms with Gasteiger partial charge in [0.05, 0.1) is 13.2 Å². The summed E-state index contributed by atoms with van der Waals surface area (Å²) in [6.07, 6.45) is 1.20. The molecule has 1 N–H and O–H groups in total. The van der Waals surface area contributed by atoms with Crippen molar-refractivity contribution in [1.82, 2.24) is 0 Å². The van der Waals surface area contributed by atoms with Crippen LogP contribution in [0.4, 0.5) is 0 Å². The second-order valence-corrected chi connectivity index (χ2v) is 2.60. The Balaban J connectivity index is 2.53. The van der Waals surface area contributed by atoms with Crippen molar-refractivity contribution in [3.63, 3.8) is 0 Å². The highest BCUT2D eigenvalue weighted by Gasteiger charge is 2.26. The molecule has 1 saturated heterocycles. The standard InChI is InChI=1S/C7H10O2S/c8-7(3-6-10)1-4-9-5-2-7/h8,10H,1-2,4-5H2. The van der Waals surface area contributed by atoms with Crippen molar-refractivity contribution >= 4 is 12.6 Å². The average molecular weight is 158 g/mol. The molecular weight excluding hydrogens is 148 g/mol. The van der Waals surface area contributed by atoms with E-state index < -0.39 is 5.60 Å². The van der Waals surface area contributed by atoms with E-state index in [9.17, 15) is 5.11 Å². The van der Waals surface area contributed by atoms with Crippen molar-refractivity contribution in [1.29, 1.82) is 0 Å². The van der Waals surface area contributed by atoms with Gasteiger partial charge in [-0.2, -0.15) is 0 Å². The van der Waals surface area contributed by atoms with Crippen LogP contribution >= 0.6 is 12.6 Å². The van der Waals surface area contributed by atoms with Gasteiger partial charge in [0.1, 0.15) is 5.60 Å². The molecule has 10 heavy (non-hydrogen) atoms. The Labute approximate surface area is 66.0 Å². The molecule has 0 atom stereocenters. The van der Waals surface area contributed by atoms with E-state index in [-0.39, 0.29) is 0 Å². The second-order valence-electron chi connectivity index (χ2n) is 2.38. The summed E-state index contributed by atoms with van der Waals surface area (Å²) in [6.45, 7) is 1.19. The summed E-state index contributed by atoms with van der Waals surface area (Å²) in [7, 11) is 0. The van der Waals surface area contributed by atoms with Gasteiger partial charge in [-0.3, -0.25) is 0 Å². The van der Waals surface area contributed by atoms with E-state index in [2.05, 4.69) is 23.8 Å². The van der Waals surface area contributed by atoms with E-state index >= 15 is 0 Å². The molecule has 1 fully saturated rings. The number of thiol groups is 1. The zero-order valence-electron chi connectivity index (χ0n) is 5.63. The maximum absolute atomic E-state index is 9.57. The minimum Gasteiger partial charge on any atom is -0.381 e. The molecule has 0 aromatic rings. The molecule has 0 unspecified atom stereocenters. The number of rotatable bonds is 0. The third-order valence-electron chi connectivity index (χ3n) is 1.61. The molecule has 0 amide bonds. The molecule has 0 bridgehead atoms. The Morgan fingerprint density at radius 2 is 2.00 bits per heavy atom. The predicted molar refractivity (Wildman–Crippen MR) is 41.8 cm³/mol. The van der Waals surface area contributed by atoms with Gasteiger partial charge in [-0.15, -0.1) is 0 Å². The Hall–Kier alpha value is -0.170. The van der Waals surface area contributed by atoms with E-state index in [0.29, 0.717) is 26.1 Å². The van der Waals surface area contributed by atoms with Crippen LogP contribution in [0.15, 0.2) is 0 Å². The lowest BCUT2D eigenvalue weighted by Gasteiger charge is -2.26. The molecule has 1 heterocycles. The zero-order chi connectivity index (χ0) is 7.45. The molecule has 56 valence electrons. The molecule has 0 spiro atoms. The van der Waals surface area contributed by atoms with Gasteiger partial charge in [-0.1, -0.05) is 18.5 Å². The van der Waals surface area contributed by atoms with Gasteiger partial charge >= 0.3 is 0 Å². The van der Waals surface area contributed by atoms with E-state index in [4.69, 9.17) is 4.74 Å². The molecule has 1 rings (SSSR count). The maximum atomic E-state index is 9.57. The molecule has 3 heteroatoms. The van der Waals surface area contributed by atoms with Gasteiger partial charge in [0.15, 0.2) is 0 Å². The summed E-state index contributed by atoms with van der Waals surface area (Å²) in [4.78, 5) is 0. The van der Waals surface area contributed by atoms with E-state index in [1.54, 1.807) is 0 Å². The highest BCUT2D eigenvalue weighted by molar-refractivity contribution is 7.85. The first-order valence-corrected chi connectivity index (χ1v) is 3.68. The van der Waals surface area contributed by atoms with E-state index in [1.807, 2.05) is 0 Å². The van der Waals surface area contributed by atoms with E-state index in [1.165, 1.54) is 0 Å². The fraction of sp³-hybridized carbons (Fsp3) is 0.714. The first kappa shape index (κ1) is 7.93. The van der Waals surface area contributed by atoms with Crippen LogP contribution in [0, 0.1) is 11.2 Å². The van der Waals surface area contributed by atoms with Crippen LogP contribution in [0.3, 0.4) is 0 Å². The maximum Gasteiger partial charge on any atom is 0.130 e. The van der Waals surface area contributed by atoms with Crippen molar-refractivity contribution < 1.29 is 9.84 Å². The minimum atomic E-state index is -0.833. The fourth-order valence-corrected chi connectivity index (χ4v) is 1.15. The Bertz CT molecular complexity index is 162. The molecular formula is C7H10O2S. The zero-order valence-corrected chi connectivity index (χ0v) is 6.53. The second kappa shape index (κ2) is 3.29. The summed E-state index contributed by atoms with van der Waals surface area (Å²) in [6, 6.07) is 0. The summed E-state index contributed by atoms with van der Waals surface area (Å²) in [5.41, 5.74) is -0.833. The number of hydrogen-bond donors (Lipinski definition) is 2. The summed E-state index contributed by atoms with van der Waals surface area (Å²) in [5, 5.41) is 12.0. The van der Waals surface area contributed by atoms with Crippen LogP contribution in [0.2, 0.25) is 0 Å². The van der Waals surface area contributed by atoms with Crippen LogP contribution in [0.5, 0.6) is 0 Å². The smallest absolute Gasteiger partial charge is 0.130 e. The highest BCUT2D eigenvalue weighted by Crippen LogP contribution is 2.18. The van der Waals surface area contributed by atoms with Gasteiger partial charge in [-0.05, 0) is 5.25 Å². The molecule has 1 aliphatic heterocycles. The van der Waals surface area contributed by atoms with Crippen LogP contribution in [0.25, 0.3) is 0 Å². The largest absolute Gasteiger partial charge is 0.381 e. The average Bonchev–Trinajstić information content (AvgIpc) is 1.89. The van der Waals surface area contributed by atoms with Gasteiger partial charge in [0, 0.05) is 12.8 Å². The Morgan fingerprint density at radius 3 is 2.50 bits per heavy atom. The Morgan fingerprint density at radius 1 is 1.40 bits per heavy atom. The fourth-order valence-electron chi connectivity index (χ4n) is 0.938. The van der Waals surface area contributed by atoms with Crippen molar-refractivity contribution in [2.45, 2.75) is 18.4 Å². The van der Waals surface area contributed by atoms with Crippen molar-refractivity contribution in [2.75, 3.05) is 13.2 Å². The highest BCUT2D eigenvalue weighted by atomic mass is 32.1. The van der Waals surface area contributed by atoms with Gasteiger partial charge in [0.25, 0.3) is 0 Å². The molecule has 0 aliphatic carbocycles. The quantitative estimate of drug-likeness (QED) is 0.395. The third kappa shape index (κ3) is 1.91. The normalized spacial score (nSPS) is 23.0. The lowest BCUT2D eigenvalue weighted by molar-refractivity contribution is -0.0261. The summed E-state index contributed by atoms with van der Waals surface area (Å²) < 4.78 is 5.06. The van der Waals surface area contributed by atoms with Crippen LogP contribution in [0.1, 0.15) is 12.8 Å². The number of aliphatic hydroxyl groups is 1.